The number of nitrogens with one attached hydrogen (secondary N) is 1. The van der Waals surface area contributed by atoms with E-state index in [0.29, 0.717) is 35.7 Å². The minimum absolute atomic E-state index is 0.00590. The minimum Gasteiger partial charge on any atom is -0.399 e. The Balaban J connectivity index is 1.63. The lowest BCUT2D eigenvalue weighted by atomic mass is 9.98. The number of carbonyl (C=O) groups excluding carboxylic acids is 2. The monoisotopic (exact) mass is 365 g/mol. The minimum atomic E-state index is -0.107. The van der Waals surface area contributed by atoms with Crippen molar-refractivity contribution in [3.05, 3.63) is 59.7 Å². The smallest absolute Gasteiger partial charge is 0.255 e. The number of nitrogen functional groups attached to an aromatic ring is 1. The number of benzene rings is 2. The first kappa shape index (κ1) is 19.0. The van der Waals surface area contributed by atoms with E-state index in [2.05, 4.69) is 12.2 Å². The maximum Gasteiger partial charge on any atom is 0.255 e. The van der Waals surface area contributed by atoms with Crippen LogP contribution in [0.15, 0.2) is 48.5 Å². The second-order valence-electron chi connectivity index (χ2n) is 7.31. The second-order valence-corrected chi connectivity index (χ2v) is 7.31. The molecule has 0 aromatic heterocycles. The van der Waals surface area contributed by atoms with Gasteiger partial charge in [0.15, 0.2) is 0 Å². The predicted molar refractivity (Wildman–Crippen MR) is 109 cm³/mol. The molecule has 0 aliphatic carbocycles. The third-order valence-corrected chi connectivity index (χ3v) is 5.09. The molecule has 2 aromatic carbocycles. The van der Waals surface area contributed by atoms with Crippen LogP contribution < -0.4 is 11.1 Å². The van der Waals surface area contributed by atoms with Crippen molar-refractivity contribution in [2.75, 3.05) is 24.1 Å². The van der Waals surface area contributed by atoms with Gasteiger partial charge < -0.3 is 16.0 Å². The molecular formula is C22H27N3O2. The molecule has 0 radical (unpaired) electrons. The largest absolute Gasteiger partial charge is 0.399 e. The number of aryl methyl sites for hydroxylation is 1. The zero-order chi connectivity index (χ0) is 19.2. The lowest BCUT2D eigenvalue weighted by Gasteiger charge is -2.30. The lowest BCUT2D eigenvalue weighted by Crippen LogP contribution is -2.38. The zero-order valence-corrected chi connectivity index (χ0v) is 15.8. The van der Waals surface area contributed by atoms with Gasteiger partial charge in [-0.2, -0.15) is 0 Å². The van der Waals surface area contributed by atoms with E-state index >= 15 is 0 Å². The van der Waals surface area contributed by atoms with Gasteiger partial charge in [-0.1, -0.05) is 31.2 Å². The molecule has 2 aromatic rings. The molecule has 5 heteroatoms. The third-order valence-electron chi connectivity index (χ3n) is 5.09. The Morgan fingerprint density at radius 3 is 2.59 bits per heavy atom. The molecule has 0 spiro atoms. The van der Waals surface area contributed by atoms with Gasteiger partial charge in [-0.25, -0.2) is 0 Å². The van der Waals surface area contributed by atoms with E-state index < -0.39 is 0 Å². The van der Waals surface area contributed by atoms with Crippen LogP contribution in [0.1, 0.15) is 42.1 Å². The number of rotatable bonds is 5. The van der Waals surface area contributed by atoms with Crippen molar-refractivity contribution in [1.29, 1.82) is 0 Å². The normalized spacial score (nSPS) is 14.8. The highest BCUT2D eigenvalue weighted by atomic mass is 16.2. The zero-order valence-electron chi connectivity index (χ0n) is 15.8. The summed E-state index contributed by atoms with van der Waals surface area (Å²) in [6.07, 6.45) is 3.01. The number of piperidine rings is 1. The SMILES string of the molecule is CC1CCN(C(=O)c2ccccc2NC(=O)CCc2cccc(N)c2)CC1. The summed E-state index contributed by atoms with van der Waals surface area (Å²) in [5.74, 6) is 0.551. The molecule has 1 aliphatic heterocycles. The van der Waals surface area contributed by atoms with Crippen molar-refractivity contribution in [2.45, 2.75) is 32.6 Å². The van der Waals surface area contributed by atoms with E-state index in [1.54, 1.807) is 12.1 Å². The van der Waals surface area contributed by atoms with Crippen LogP contribution >= 0.6 is 0 Å². The fraction of sp³-hybridized carbons (Fsp3) is 0.364. The molecule has 1 aliphatic rings. The van der Waals surface area contributed by atoms with E-state index in [1.807, 2.05) is 41.3 Å². The van der Waals surface area contributed by atoms with Gasteiger partial charge in [-0.15, -0.1) is 0 Å². The average molecular weight is 365 g/mol. The van der Waals surface area contributed by atoms with Crippen molar-refractivity contribution in [2.24, 2.45) is 5.92 Å². The van der Waals surface area contributed by atoms with Crippen LogP contribution in [0.5, 0.6) is 0 Å². The van der Waals surface area contributed by atoms with E-state index in [-0.39, 0.29) is 11.8 Å². The van der Waals surface area contributed by atoms with Gasteiger partial charge in [0.1, 0.15) is 0 Å². The maximum absolute atomic E-state index is 12.9. The molecular weight excluding hydrogens is 338 g/mol. The van der Waals surface area contributed by atoms with Crippen molar-refractivity contribution in [1.82, 2.24) is 4.90 Å². The Morgan fingerprint density at radius 2 is 1.85 bits per heavy atom. The fourth-order valence-corrected chi connectivity index (χ4v) is 3.38. The Bertz CT molecular complexity index is 811. The molecule has 0 bridgehead atoms. The molecule has 1 saturated heterocycles. The fourth-order valence-electron chi connectivity index (χ4n) is 3.38. The van der Waals surface area contributed by atoms with Crippen molar-refractivity contribution >= 4 is 23.2 Å². The summed E-state index contributed by atoms with van der Waals surface area (Å²) in [5, 5.41) is 2.91. The third kappa shape index (κ3) is 5.09. The summed E-state index contributed by atoms with van der Waals surface area (Å²) in [6.45, 7) is 3.77. The number of nitrogens with zero attached hydrogens (tertiary/aromatic N) is 1. The van der Waals surface area contributed by atoms with Gasteiger partial charge in [0.2, 0.25) is 5.91 Å². The Kier molecular flexibility index (Phi) is 6.12. The van der Waals surface area contributed by atoms with Crippen LogP contribution in [0.2, 0.25) is 0 Å². The Hall–Kier alpha value is -2.82. The molecule has 3 rings (SSSR count). The number of anilines is 2. The van der Waals surface area contributed by atoms with Gasteiger partial charge in [0, 0.05) is 25.2 Å². The first-order valence-electron chi connectivity index (χ1n) is 9.55. The Morgan fingerprint density at radius 1 is 1.11 bits per heavy atom. The molecule has 3 N–H and O–H groups in total. The first-order valence-corrected chi connectivity index (χ1v) is 9.55. The molecule has 2 amide bonds. The van der Waals surface area contributed by atoms with E-state index in [4.69, 9.17) is 5.73 Å². The molecule has 1 fully saturated rings. The highest BCUT2D eigenvalue weighted by Gasteiger charge is 2.23. The molecule has 27 heavy (non-hydrogen) atoms. The summed E-state index contributed by atoms with van der Waals surface area (Å²) in [5.41, 5.74) is 8.64. The molecule has 0 unspecified atom stereocenters. The van der Waals surface area contributed by atoms with Crippen LogP contribution in [-0.4, -0.2) is 29.8 Å². The van der Waals surface area contributed by atoms with Crippen molar-refractivity contribution in [3.8, 4) is 0 Å². The number of hydrogen-bond donors (Lipinski definition) is 2. The number of hydrogen-bond acceptors (Lipinski definition) is 3. The van der Waals surface area contributed by atoms with Crippen LogP contribution in [0.4, 0.5) is 11.4 Å². The second kappa shape index (κ2) is 8.71. The number of amides is 2. The topological polar surface area (TPSA) is 75.4 Å². The van der Waals surface area contributed by atoms with E-state index in [1.165, 1.54) is 0 Å². The number of nitrogens with two attached hydrogens (primary N) is 1. The molecule has 5 nitrogen and oxygen atoms in total. The number of carbonyl (C=O) groups is 2. The molecule has 0 atom stereocenters. The summed E-state index contributed by atoms with van der Waals surface area (Å²) >= 11 is 0. The van der Waals surface area contributed by atoms with Crippen molar-refractivity contribution < 1.29 is 9.59 Å². The van der Waals surface area contributed by atoms with Crippen LogP contribution in [0.25, 0.3) is 0 Å². The standard InChI is InChI=1S/C22H27N3O2/c1-16-11-13-25(14-12-16)22(27)19-7-2-3-8-20(19)24-21(26)10-9-17-5-4-6-18(23)15-17/h2-8,15-16H,9-14,23H2,1H3,(H,24,26). The quantitative estimate of drug-likeness (QED) is 0.793. The predicted octanol–water partition coefficient (Wildman–Crippen LogP) is 3.71. The maximum atomic E-state index is 12.9. The van der Waals surface area contributed by atoms with Gasteiger partial charge in [0.05, 0.1) is 11.3 Å². The number of likely N-dealkylation sites (tertiary alicyclic amines) is 1. The van der Waals surface area contributed by atoms with Crippen LogP contribution in [0, 0.1) is 5.92 Å². The van der Waals surface area contributed by atoms with E-state index in [9.17, 15) is 9.59 Å². The van der Waals surface area contributed by atoms with Gasteiger partial charge >= 0.3 is 0 Å². The van der Waals surface area contributed by atoms with Gasteiger partial charge in [0.25, 0.3) is 5.91 Å². The molecule has 0 saturated carbocycles. The lowest BCUT2D eigenvalue weighted by molar-refractivity contribution is -0.116. The van der Waals surface area contributed by atoms with Gasteiger partial charge in [-0.3, -0.25) is 9.59 Å². The van der Waals surface area contributed by atoms with Crippen LogP contribution in [0.3, 0.4) is 0 Å². The highest BCUT2D eigenvalue weighted by Crippen LogP contribution is 2.22. The van der Waals surface area contributed by atoms with Crippen molar-refractivity contribution in [3.63, 3.8) is 0 Å². The first-order chi connectivity index (χ1) is 13.0. The Labute approximate surface area is 160 Å². The van der Waals surface area contributed by atoms with E-state index in [0.717, 1.165) is 31.5 Å². The molecule has 142 valence electrons. The van der Waals surface area contributed by atoms with Crippen LogP contribution in [-0.2, 0) is 11.2 Å². The average Bonchev–Trinajstić information content (AvgIpc) is 2.67. The summed E-state index contributed by atoms with van der Waals surface area (Å²) in [4.78, 5) is 27.2. The summed E-state index contributed by atoms with van der Waals surface area (Å²) in [6, 6.07) is 14.8. The molecule has 1 heterocycles. The van der Waals surface area contributed by atoms with Gasteiger partial charge in [-0.05, 0) is 55.0 Å². The summed E-state index contributed by atoms with van der Waals surface area (Å²) < 4.78 is 0. The summed E-state index contributed by atoms with van der Waals surface area (Å²) in [7, 11) is 0. The number of para-hydroxylation sites is 1. The highest BCUT2D eigenvalue weighted by molar-refractivity contribution is 6.03.